The van der Waals surface area contributed by atoms with E-state index < -0.39 is 0 Å². The molecule has 0 fully saturated rings. The fourth-order valence-corrected chi connectivity index (χ4v) is 2.52. The van der Waals surface area contributed by atoms with E-state index in [1.807, 2.05) is 10.5 Å². The van der Waals surface area contributed by atoms with E-state index in [9.17, 15) is 4.79 Å². The summed E-state index contributed by atoms with van der Waals surface area (Å²) in [5, 5.41) is 7.94. The first-order valence-electron chi connectivity index (χ1n) is 5.55. The molecule has 0 aromatic carbocycles. The average Bonchev–Trinajstić information content (AvgIpc) is 2.83. The average molecular weight is 215 g/mol. The van der Waals surface area contributed by atoms with Crippen LogP contribution < -0.4 is 0 Å². The standard InChI is InChI=1S/C12H13N3O/c1-7-3-4-11-9(7)5-10(8(2)16)12-14-13-6-15(11)12/h5-7H,3-4H2,1-2H3. The summed E-state index contributed by atoms with van der Waals surface area (Å²) >= 11 is 0. The highest BCUT2D eigenvalue weighted by Crippen LogP contribution is 2.34. The summed E-state index contributed by atoms with van der Waals surface area (Å²) in [5.41, 5.74) is 3.92. The summed E-state index contributed by atoms with van der Waals surface area (Å²) in [6.45, 7) is 3.78. The van der Waals surface area contributed by atoms with Crippen LogP contribution in [0.25, 0.3) is 5.65 Å². The molecule has 2 aromatic heterocycles. The van der Waals surface area contributed by atoms with Gasteiger partial charge >= 0.3 is 0 Å². The van der Waals surface area contributed by atoms with Crippen molar-refractivity contribution < 1.29 is 4.79 Å². The summed E-state index contributed by atoms with van der Waals surface area (Å²) in [4.78, 5) is 11.6. The molecular weight excluding hydrogens is 202 g/mol. The van der Waals surface area contributed by atoms with Crippen LogP contribution in [0.4, 0.5) is 0 Å². The lowest BCUT2D eigenvalue weighted by Gasteiger charge is -2.08. The van der Waals surface area contributed by atoms with Gasteiger partial charge in [-0.3, -0.25) is 9.20 Å². The minimum absolute atomic E-state index is 0.0555. The highest BCUT2D eigenvalue weighted by atomic mass is 16.1. The molecule has 0 aliphatic heterocycles. The second-order valence-electron chi connectivity index (χ2n) is 4.48. The normalized spacial score (nSPS) is 19.0. The number of aromatic nitrogens is 3. The lowest BCUT2D eigenvalue weighted by Crippen LogP contribution is -2.03. The van der Waals surface area contributed by atoms with Gasteiger partial charge in [-0.15, -0.1) is 10.2 Å². The number of pyridine rings is 1. The van der Waals surface area contributed by atoms with Crippen LogP contribution in [-0.4, -0.2) is 20.4 Å². The Bertz CT molecular complexity index is 585. The summed E-state index contributed by atoms with van der Waals surface area (Å²) in [6.07, 6.45) is 3.89. The van der Waals surface area contributed by atoms with Gasteiger partial charge in [-0.1, -0.05) is 6.92 Å². The maximum Gasteiger partial charge on any atom is 0.171 e. The fraction of sp³-hybridized carbons (Fsp3) is 0.417. The zero-order valence-electron chi connectivity index (χ0n) is 9.40. The van der Waals surface area contributed by atoms with Crippen LogP contribution in [0.1, 0.15) is 47.8 Å². The van der Waals surface area contributed by atoms with Gasteiger partial charge in [0.15, 0.2) is 11.4 Å². The topological polar surface area (TPSA) is 47.3 Å². The van der Waals surface area contributed by atoms with Gasteiger partial charge in [0.1, 0.15) is 6.33 Å². The summed E-state index contributed by atoms with van der Waals surface area (Å²) in [7, 11) is 0. The van der Waals surface area contributed by atoms with E-state index in [1.54, 1.807) is 13.3 Å². The SMILES string of the molecule is CC(=O)c1cc2c(n3cnnc13)CCC2C. The molecule has 1 atom stereocenters. The Balaban J connectivity index is 2.41. The van der Waals surface area contributed by atoms with Crippen LogP contribution in [0.15, 0.2) is 12.4 Å². The Kier molecular flexibility index (Phi) is 1.87. The molecule has 0 radical (unpaired) electrons. The van der Waals surface area contributed by atoms with Crippen molar-refractivity contribution in [1.82, 2.24) is 14.6 Å². The highest BCUT2D eigenvalue weighted by Gasteiger charge is 2.24. The smallest absolute Gasteiger partial charge is 0.171 e. The van der Waals surface area contributed by atoms with Crippen LogP contribution in [-0.2, 0) is 6.42 Å². The van der Waals surface area contributed by atoms with Gasteiger partial charge in [-0.2, -0.15) is 0 Å². The summed E-state index contributed by atoms with van der Waals surface area (Å²) < 4.78 is 1.97. The van der Waals surface area contributed by atoms with Crippen molar-refractivity contribution in [1.29, 1.82) is 0 Å². The predicted octanol–water partition coefficient (Wildman–Crippen LogP) is 1.98. The molecule has 1 unspecified atom stereocenters. The van der Waals surface area contributed by atoms with Crippen molar-refractivity contribution in [3.05, 3.63) is 29.2 Å². The van der Waals surface area contributed by atoms with E-state index in [2.05, 4.69) is 17.1 Å². The maximum absolute atomic E-state index is 11.6. The molecule has 0 N–H and O–H groups in total. The third-order valence-corrected chi connectivity index (χ3v) is 3.44. The molecule has 4 heteroatoms. The number of hydrogen-bond acceptors (Lipinski definition) is 3. The number of nitrogens with zero attached hydrogens (tertiary/aromatic N) is 3. The van der Waals surface area contributed by atoms with Crippen molar-refractivity contribution in [2.75, 3.05) is 0 Å². The molecule has 4 nitrogen and oxygen atoms in total. The molecule has 3 rings (SSSR count). The van der Waals surface area contributed by atoms with Gasteiger partial charge in [0.25, 0.3) is 0 Å². The zero-order chi connectivity index (χ0) is 11.3. The third-order valence-electron chi connectivity index (χ3n) is 3.44. The summed E-state index contributed by atoms with van der Waals surface area (Å²) in [5.74, 6) is 0.583. The van der Waals surface area contributed by atoms with E-state index in [1.165, 1.54) is 11.3 Å². The number of hydrogen-bond donors (Lipinski definition) is 0. The second kappa shape index (κ2) is 3.14. The molecule has 0 saturated heterocycles. The second-order valence-corrected chi connectivity index (χ2v) is 4.48. The lowest BCUT2D eigenvalue weighted by atomic mass is 10.0. The van der Waals surface area contributed by atoms with Gasteiger partial charge in [0.05, 0.1) is 5.56 Å². The van der Waals surface area contributed by atoms with Crippen molar-refractivity contribution in [2.24, 2.45) is 0 Å². The van der Waals surface area contributed by atoms with Gasteiger partial charge in [-0.25, -0.2) is 0 Å². The van der Waals surface area contributed by atoms with Crippen LogP contribution in [0.2, 0.25) is 0 Å². The number of aryl methyl sites for hydroxylation is 1. The predicted molar refractivity (Wildman–Crippen MR) is 59.7 cm³/mol. The minimum Gasteiger partial charge on any atom is -0.294 e. The molecule has 2 heterocycles. The van der Waals surface area contributed by atoms with E-state index >= 15 is 0 Å². The molecule has 1 aliphatic carbocycles. The number of carbonyl (C=O) groups excluding carboxylic acids is 1. The molecule has 0 spiro atoms. The van der Waals surface area contributed by atoms with Crippen molar-refractivity contribution in [3.8, 4) is 0 Å². The molecule has 16 heavy (non-hydrogen) atoms. The molecule has 1 aliphatic rings. The first-order chi connectivity index (χ1) is 7.68. The lowest BCUT2D eigenvalue weighted by molar-refractivity contribution is 0.101. The van der Waals surface area contributed by atoms with Crippen molar-refractivity contribution in [2.45, 2.75) is 32.6 Å². The number of ketones is 1. The Morgan fingerprint density at radius 1 is 1.56 bits per heavy atom. The number of rotatable bonds is 1. The molecule has 0 amide bonds. The highest BCUT2D eigenvalue weighted by molar-refractivity contribution is 6.00. The Morgan fingerprint density at radius 2 is 2.38 bits per heavy atom. The Morgan fingerprint density at radius 3 is 3.12 bits per heavy atom. The molecule has 2 aromatic rings. The van der Waals surface area contributed by atoms with Gasteiger partial charge in [0, 0.05) is 5.69 Å². The largest absolute Gasteiger partial charge is 0.294 e. The van der Waals surface area contributed by atoms with Gasteiger partial charge in [0.2, 0.25) is 0 Å². The Labute approximate surface area is 93.3 Å². The number of Topliss-reactive ketones (excluding diaryl/α,β-unsaturated/α-hetero) is 1. The van der Waals surface area contributed by atoms with Crippen LogP contribution in [0.5, 0.6) is 0 Å². The van der Waals surface area contributed by atoms with Gasteiger partial charge < -0.3 is 0 Å². The minimum atomic E-state index is 0.0555. The molecule has 0 bridgehead atoms. The first-order valence-corrected chi connectivity index (χ1v) is 5.55. The third kappa shape index (κ3) is 1.13. The number of fused-ring (bicyclic) bond motifs is 3. The monoisotopic (exact) mass is 215 g/mol. The maximum atomic E-state index is 11.6. The molecule has 82 valence electrons. The van der Waals surface area contributed by atoms with E-state index in [0.717, 1.165) is 12.8 Å². The van der Waals surface area contributed by atoms with Crippen molar-refractivity contribution in [3.63, 3.8) is 0 Å². The van der Waals surface area contributed by atoms with Crippen LogP contribution >= 0.6 is 0 Å². The molecular formula is C12H13N3O. The van der Waals surface area contributed by atoms with Crippen molar-refractivity contribution >= 4 is 11.4 Å². The van der Waals surface area contributed by atoms with Crippen LogP contribution in [0.3, 0.4) is 0 Å². The Hall–Kier alpha value is -1.71. The first kappa shape index (κ1) is 9.51. The van der Waals surface area contributed by atoms with E-state index in [4.69, 9.17) is 0 Å². The van der Waals surface area contributed by atoms with E-state index in [0.29, 0.717) is 17.1 Å². The van der Waals surface area contributed by atoms with Gasteiger partial charge in [-0.05, 0) is 37.3 Å². The zero-order valence-corrected chi connectivity index (χ0v) is 9.40. The van der Waals surface area contributed by atoms with Crippen LogP contribution in [0, 0.1) is 0 Å². The fourth-order valence-electron chi connectivity index (χ4n) is 2.52. The summed E-state index contributed by atoms with van der Waals surface area (Å²) in [6, 6.07) is 2.00. The van der Waals surface area contributed by atoms with E-state index in [-0.39, 0.29) is 5.78 Å². The quantitative estimate of drug-likeness (QED) is 0.683. The number of carbonyl (C=O) groups is 1. The molecule has 0 saturated carbocycles.